The van der Waals surface area contributed by atoms with Crippen molar-refractivity contribution in [2.45, 2.75) is 32.5 Å². The summed E-state index contributed by atoms with van der Waals surface area (Å²) in [6.07, 6.45) is -2.85. The molecule has 0 aliphatic rings. The Morgan fingerprint density at radius 1 is 1.31 bits per heavy atom. The van der Waals surface area contributed by atoms with Crippen molar-refractivity contribution >= 4 is 11.9 Å². The molecule has 1 amide bonds. The van der Waals surface area contributed by atoms with Crippen LogP contribution in [-0.4, -0.2) is 44.3 Å². The minimum Gasteiger partial charge on any atom is -0.480 e. The van der Waals surface area contributed by atoms with Crippen LogP contribution in [0.3, 0.4) is 0 Å². The first kappa shape index (κ1) is 19.5. The van der Waals surface area contributed by atoms with E-state index in [1.807, 2.05) is 6.92 Å². The number of alkyl halides is 3. The number of aliphatic carboxylic acids is 1. The van der Waals surface area contributed by atoms with E-state index in [0.29, 0.717) is 6.42 Å². The van der Waals surface area contributed by atoms with Crippen LogP contribution in [0.2, 0.25) is 0 Å². The predicted molar refractivity (Wildman–Crippen MR) is 87.0 cm³/mol. The maximum Gasteiger partial charge on any atom is 0.435 e. The average Bonchev–Trinajstić information content (AvgIpc) is 3.09. The van der Waals surface area contributed by atoms with Gasteiger partial charge >= 0.3 is 12.1 Å². The van der Waals surface area contributed by atoms with E-state index < -0.39 is 30.3 Å². The highest BCUT2D eigenvalue weighted by Crippen LogP contribution is 2.28. The zero-order valence-electron chi connectivity index (χ0n) is 14.2. The molecular weight excluding hydrogens is 351 g/mol. The third kappa shape index (κ3) is 4.41. The Kier molecular flexibility index (Phi) is 5.69. The summed E-state index contributed by atoms with van der Waals surface area (Å²) in [4.78, 5) is 24.9. The minimum atomic E-state index is -4.56. The summed E-state index contributed by atoms with van der Waals surface area (Å²) in [5.41, 5.74) is -0.597. The van der Waals surface area contributed by atoms with Crippen LogP contribution in [-0.2, 0) is 11.0 Å². The molecule has 0 radical (unpaired) electrons. The first-order valence-corrected chi connectivity index (χ1v) is 7.89. The lowest BCUT2D eigenvalue weighted by Gasteiger charge is -2.27. The Labute approximate surface area is 147 Å². The number of carbonyl (C=O) groups excluding carboxylic acids is 1. The molecule has 0 spiro atoms. The average molecular weight is 369 g/mol. The fraction of sp³-hybridized carbons (Fsp3) is 0.353. The molecule has 0 fully saturated rings. The van der Waals surface area contributed by atoms with Gasteiger partial charge in [-0.25, -0.2) is 4.68 Å². The van der Waals surface area contributed by atoms with E-state index >= 15 is 0 Å². The lowest BCUT2D eigenvalue weighted by Crippen LogP contribution is -2.41. The van der Waals surface area contributed by atoms with Gasteiger partial charge in [0.2, 0.25) is 0 Å². The molecule has 0 aliphatic carbocycles. The first-order valence-electron chi connectivity index (χ1n) is 7.89. The molecule has 1 aromatic carbocycles. The van der Waals surface area contributed by atoms with E-state index in [9.17, 15) is 22.8 Å². The van der Waals surface area contributed by atoms with E-state index in [1.54, 1.807) is 6.92 Å². The molecule has 0 aliphatic heterocycles. The maximum absolute atomic E-state index is 12.7. The molecule has 1 unspecified atom stereocenters. The van der Waals surface area contributed by atoms with Crippen molar-refractivity contribution in [3.8, 4) is 5.69 Å². The van der Waals surface area contributed by atoms with Crippen molar-refractivity contribution in [3.05, 3.63) is 47.8 Å². The number of hydrogen-bond donors (Lipinski definition) is 1. The molecule has 140 valence electrons. The number of halogens is 3. The fourth-order valence-electron chi connectivity index (χ4n) is 2.36. The summed E-state index contributed by atoms with van der Waals surface area (Å²) in [5, 5.41) is 12.5. The summed E-state index contributed by atoms with van der Waals surface area (Å²) in [6.45, 7) is 3.09. The molecule has 1 atom stereocenters. The minimum absolute atomic E-state index is 0.174. The first-order chi connectivity index (χ1) is 12.1. The number of nitrogens with zero attached hydrogens (tertiary/aromatic N) is 3. The lowest BCUT2D eigenvalue weighted by molar-refractivity contribution is -0.141. The van der Waals surface area contributed by atoms with Gasteiger partial charge in [0.1, 0.15) is 6.54 Å². The number of amides is 1. The second-order valence-corrected chi connectivity index (χ2v) is 5.78. The maximum atomic E-state index is 12.7. The van der Waals surface area contributed by atoms with Crippen molar-refractivity contribution < 1.29 is 27.9 Å². The molecule has 2 aromatic rings. The van der Waals surface area contributed by atoms with Crippen molar-refractivity contribution in [3.63, 3.8) is 0 Å². The molecule has 1 heterocycles. The van der Waals surface area contributed by atoms with Gasteiger partial charge in [-0.15, -0.1) is 0 Å². The van der Waals surface area contributed by atoms with E-state index in [2.05, 4.69) is 5.10 Å². The molecule has 0 saturated heterocycles. The monoisotopic (exact) mass is 369 g/mol. The van der Waals surface area contributed by atoms with Crippen molar-refractivity contribution in [2.75, 3.05) is 6.54 Å². The number of rotatable bonds is 6. The molecular formula is C17H18F3N3O3. The summed E-state index contributed by atoms with van der Waals surface area (Å²) in [6, 6.07) is 6.42. The van der Waals surface area contributed by atoms with Gasteiger partial charge in [0, 0.05) is 17.8 Å². The van der Waals surface area contributed by atoms with Crippen LogP contribution in [0.25, 0.3) is 5.69 Å². The highest BCUT2D eigenvalue weighted by atomic mass is 19.4. The fourth-order valence-corrected chi connectivity index (χ4v) is 2.36. The van der Waals surface area contributed by atoms with Crippen LogP contribution in [0.1, 0.15) is 36.3 Å². The van der Waals surface area contributed by atoms with E-state index in [0.717, 1.165) is 16.9 Å². The number of carboxylic acid groups (broad SMARTS) is 1. The molecule has 1 N–H and O–H groups in total. The largest absolute Gasteiger partial charge is 0.480 e. The summed E-state index contributed by atoms with van der Waals surface area (Å²) < 4.78 is 39.1. The van der Waals surface area contributed by atoms with Gasteiger partial charge in [0.25, 0.3) is 5.91 Å². The summed E-state index contributed by atoms with van der Waals surface area (Å²) >= 11 is 0. The number of hydrogen-bond acceptors (Lipinski definition) is 3. The normalized spacial score (nSPS) is 12.7. The van der Waals surface area contributed by atoms with Crippen LogP contribution >= 0.6 is 0 Å². The van der Waals surface area contributed by atoms with E-state index in [1.165, 1.54) is 29.2 Å². The number of aromatic nitrogens is 2. The second-order valence-electron chi connectivity index (χ2n) is 5.78. The van der Waals surface area contributed by atoms with Gasteiger partial charge in [-0.2, -0.15) is 18.3 Å². The standard InChI is InChI=1S/C17H18F3N3O3/c1-3-11(2)22(10-15(24)25)16(26)12-5-4-6-13(9-12)23-8-7-14(21-23)17(18,19)20/h4-9,11H,3,10H2,1-2H3,(H,24,25). The smallest absolute Gasteiger partial charge is 0.435 e. The highest BCUT2D eigenvalue weighted by molar-refractivity contribution is 5.96. The third-order valence-electron chi connectivity index (χ3n) is 3.93. The Hall–Kier alpha value is -2.84. The predicted octanol–water partition coefficient (Wildman–Crippen LogP) is 3.22. The number of carboxylic acids is 1. The summed E-state index contributed by atoms with van der Waals surface area (Å²) in [7, 11) is 0. The third-order valence-corrected chi connectivity index (χ3v) is 3.93. The molecule has 6 nitrogen and oxygen atoms in total. The van der Waals surface area contributed by atoms with Gasteiger partial charge in [-0.05, 0) is 37.6 Å². The van der Waals surface area contributed by atoms with E-state index in [-0.39, 0.29) is 17.3 Å². The number of benzene rings is 1. The zero-order valence-corrected chi connectivity index (χ0v) is 14.2. The van der Waals surface area contributed by atoms with Gasteiger partial charge in [-0.1, -0.05) is 13.0 Å². The van der Waals surface area contributed by atoms with Gasteiger partial charge in [0.15, 0.2) is 5.69 Å². The molecule has 0 saturated carbocycles. The zero-order chi connectivity index (χ0) is 19.5. The van der Waals surface area contributed by atoms with Crippen LogP contribution in [0.4, 0.5) is 13.2 Å². The molecule has 9 heteroatoms. The van der Waals surface area contributed by atoms with Gasteiger partial charge in [-0.3, -0.25) is 9.59 Å². The van der Waals surface area contributed by atoms with Gasteiger partial charge < -0.3 is 10.0 Å². The Morgan fingerprint density at radius 3 is 2.54 bits per heavy atom. The van der Waals surface area contributed by atoms with E-state index in [4.69, 9.17) is 5.11 Å². The van der Waals surface area contributed by atoms with Crippen molar-refractivity contribution in [1.82, 2.24) is 14.7 Å². The lowest BCUT2D eigenvalue weighted by atomic mass is 10.1. The molecule has 26 heavy (non-hydrogen) atoms. The quantitative estimate of drug-likeness (QED) is 0.848. The Bertz CT molecular complexity index is 802. The SMILES string of the molecule is CCC(C)N(CC(=O)O)C(=O)c1cccc(-n2ccc(C(F)(F)F)n2)c1. The number of carbonyl (C=O) groups is 2. The molecule has 2 rings (SSSR count). The topological polar surface area (TPSA) is 75.4 Å². The highest BCUT2D eigenvalue weighted by Gasteiger charge is 2.33. The Morgan fingerprint density at radius 2 is 2.00 bits per heavy atom. The van der Waals surface area contributed by atoms with Crippen LogP contribution in [0, 0.1) is 0 Å². The summed E-state index contributed by atoms with van der Waals surface area (Å²) in [5.74, 6) is -1.65. The van der Waals surface area contributed by atoms with Gasteiger partial charge in [0.05, 0.1) is 5.69 Å². The second kappa shape index (κ2) is 7.59. The Balaban J connectivity index is 2.34. The van der Waals surface area contributed by atoms with Crippen LogP contribution < -0.4 is 0 Å². The van der Waals surface area contributed by atoms with Crippen LogP contribution in [0.15, 0.2) is 36.5 Å². The molecule has 1 aromatic heterocycles. The molecule has 0 bridgehead atoms. The van der Waals surface area contributed by atoms with Crippen molar-refractivity contribution in [1.29, 1.82) is 0 Å². The van der Waals surface area contributed by atoms with Crippen molar-refractivity contribution in [2.24, 2.45) is 0 Å². The van der Waals surface area contributed by atoms with Crippen LogP contribution in [0.5, 0.6) is 0 Å².